The van der Waals surface area contributed by atoms with Gasteiger partial charge in [-0.3, -0.25) is 4.79 Å². The molecule has 2 heterocycles. The maximum atomic E-state index is 12.4. The second-order valence-corrected chi connectivity index (χ2v) is 7.52. The van der Waals surface area contributed by atoms with Crippen LogP contribution in [-0.2, 0) is 4.79 Å². The van der Waals surface area contributed by atoms with Crippen LogP contribution >= 0.6 is 11.3 Å². The Balaban J connectivity index is 1.45. The minimum Gasteiger partial charge on any atom is -0.508 e. The van der Waals surface area contributed by atoms with Gasteiger partial charge in [0, 0.05) is 5.56 Å². The number of aryl methyl sites for hydroxylation is 1. The fraction of sp³-hybridized carbons (Fsp3) is 0.190. The number of aromatic nitrogens is 1. The van der Waals surface area contributed by atoms with Crippen LogP contribution in [0.2, 0.25) is 0 Å². The molecule has 0 saturated heterocycles. The molecule has 1 aromatic heterocycles. The molecule has 0 radical (unpaired) electrons. The van der Waals surface area contributed by atoms with Crippen LogP contribution < -0.4 is 14.9 Å². The molecule has 0 bridgehead atoms. The van der Waals surface area contributed by atoms with E-state index in [0.29, 0.717) is 17.2 Å². The Morgan fingerprint density at radius 1 is 1.21 bits per heavy atom. The smallest absolute Gasteiger partial charge is 0.284 e. The average Bonchev–Trinajstić information content (AvgIpc) is 3.13. The van der Waals surface area contributed by atoms with Gasteiger partial charge >= 0.3 is 0 Å². The van der Waals surface area contributed by atoms with Crippen LogP contribution in [0.25, 0.3) is 10.6 Å². The topological polar surface area (TPSA) is 93.0 Å². The molecule has 0 spiro atoms. The summed E-state index contributed by atoms with van der Waals surface area (Å²) in [4.78, 5) is 17.9. The Labute approximate surface area is 171 Å². The summed E-state index contributed by atoms with van der Waals surface area (Å²) >= 11 is 1.47. The molecule has 1 amide bonds. The van der Waals surface area contributed by atoms with Crippen LogP contribution in [0.4, 0.5) is 0 Å². The van der Waals surface area contributed by atoms with Crippen LogP contribution in [0.5, 0.6) is 17.2 Å². The van der Waals surface area contributed by atoms with Crippen LogP contribution in [0.3, 0.4) is 0 Å². The molecule has 4 rings (SSSR count). The molecule has 0 unspecified atom stereocenters. The number of carbonyl (C=O) groups excluding carboxylic acids is 1. The number of nitrogens with zero attached hydrogens (tertiary/aromatic N) is 2. The zero-order valence-electron chi connectivity index (χ0n) is 15.9. The van der Waals surface area contributed by atoms with Crippen molar-refractivity contribution >= 4 is 23.0 Å². The second-order valence-electron chi connectivity index (χ2n) is 6.52. The average molecular weight is 409 g/mol. The maximum Gasteiger partial charge on any atom is 0.284 e. The van der Waals surface area contributed by atoms with E-state index in [-0.39, 0.29) is 18.3 Å². The summed E-state index contributed by atoms with van der Waals surface area (Å²) < 4.78 is 11.3. The predicted octanol–water partition coefficient (Wildman–Crippen LogP) is 3.50. The lowest BCUT2D eigenvalue weighted by atomic mass is 10.2. The van der Waals surface area contributed by atoms with Gasteiger partial charge in [-0.1, -0.05) is 12.1 Å². The normalized spacial score (nSPS) is 15.8. The van der Waals surface area contributed by atoms with Crippen molar-refractivity contribution in [2.75, 3.05) is 6.61 Å². The van der Waals surface area contributed by atoms with E-state index < -0.39 is 6.10 Å². The number of hydrogen-bond acceptors (Lipinski definition) is 7. The number of thiazole rings is 1. The van der Waals surface area contributed by atoms with Crippen molar-refractivity contribution in [1.82, 2.24) is 10.4 Å². The summed E-state index contributed by atoms with van der Waals surface area (Å²) in [7, 11) is 0. The van der Waals surface area contributed by atoms with E-state index in [0.717, 1.165) is 21.1 Å². The molecular weight excluding hydrogens is 390 g/mol. The Morgan fingerprint density at radius 3 is 2.69 bits per heavy atom. The van der Waals surface area contributed by atoms with Gasteiger partial charge in [0.25, 0.3) is 5.91 Å². The van der Waals surface area contributed by atoms with Crippen molar-refractivity contribution in [2.24, 2.45) is 5.10 Å². The molecule has 3 aromatic rings. The maximum absolute atomic E-state index is 12.4. The van der Waals surface area contributed by atoms with E-state index in [1.807, 2.05) is 38.1 Å². The largest absolute Gasteiger partial charge is 0.508 e. The summed E-state index contributed by atoms with van der Waals surface area (Å²) in [5.74, 6) is 0.994. The fourth-order valence-corrected chi connectivity index (χ4v) is 3.89. The number of para-hydroxylation sites is 2. The molecule has 1 atom stereocenters. The first kappa shape index (κ1) is 18.9. The molecule has 2 aromatic carbocycles. The number of ether oxygens (including phenoxy) is 2. The SMILES string of the molecule is C/C(=N\NC(=O)[C@H]1COc2ccccc2O1)c1sc(-c2ccc(O)cc2)nc1C. The molecule has 1 aliphatic heterocycles. The summed E-state index contributed by atoms with van der Waals surface area (Å²) in [6.45, 7) is 3.84. The highest BCUT2D eigenvalue weighted by Gasteiger charge is 2.27. The molecular formula is C21H19N3O4S. The molecule has 148 valence electrons. The van der Waals surface area contributed by atoms with Gasteiger partial charge in [-0.05, 0) is 50.2 Å². The highest BCUT2D eigenvalue weighted by Crippen LogP contribution is 2.31. The number of benzene rings is 2. The standard InChI is InChI=1S/C21H19N3O4S/c1-12-19(29-21(22-12)14-7-9-15(25)10-8-14)13(2)23-24-20(26)18-11-27-16-5-3-4-6-17(16)28-18/h3-10,18,25H,11H2,1-2H3,(H,24,26)/b23-13+/t18-/m1/s1. The summed E-state index contributed by atoms with van der Waals surface area (Å²) in [5.41, 5.74) is 4.93. The van der Waals surface area contributed by atoms with Crippen LogP contribution in [0, 0.1) is 6.92 Å². The highest BCUT2D eigenvalue weighted by atomic mass is 32.1. The zero-order valence-corrected chi connectivity index (χ0v) is 16.7. The van der Waals surface area contributed by atoms with Gasteiger partial charge < -0.3 is 14.6 Å². The predicted molar refractivity (Wildman–Crippen MR) is 111 cm³/mol. The van der Waals surface area contributed by atoms with Crippen molar-refractivity contribution in [2.45, 2.75) is 20.0 Å². The molecule has 0 saturated carbocycles. The number of phenolic OH excluding ortho intramolecular Hbond substituents is 1. The minimum absolute atomic E-state index is 0.127. The third-order valence-corrected chi connectivity index (χ3v) is 5.69. The third-order valence-electron chi connectivity index (χ3n) is 4.37. The lowest BCUT2D eigenvalue weighted by Gasteiger charge is -2.24. The van der Waals surface area contributed by atoms with Gasteiger partial charge in [-0.15, -0.1) is 11.3 Å². The summed E-state index contributed by atoms with van der Waals surface area (Å²) in [5, 5.41) is 14.5. The monoisotopic (exact) mass is 409 g/mol. The number of aromatic hydroxyl groups is 1. The van der Waals surface area contributed by atoms with Gasteiger partial charge in [0.2, 0.25) is 6.10 Å². The van der Waals surface area contributed by atoms with Gasteiger partial charge in [-0.2, -0.15) is 5.10 Å². The molecule has 29 heavy (non-hydrogen) atoms. The van der Waals surface area contributed by atoms with Gasteiger partial charge in [-0.25, -0.2) is 10.4 Å². The lowest BCUT2D eigenvalue weighted by molar-refractivity contribution is -0.130. The molecule has 7 nitrogen and oxygen atoms in total. The summed E-state index contributed by atoms with van der Waals surface area (Å²) in [6, 6.07) is 14.1. The van der Waals surface area contributed by atoms with Crippen molar-refractivity contribution in [3.05, 3.63) is 59.1 Å². The molecule has 2 N–H and O–H groups in total. The molecule has 8 heteroatoms. The number of rotatable bonds is 4. The van der Waals surface area contributed by atoms with Crippen LogP contribution in [-0.4, -0.2) is 34.4 Å². The summed E-state index contributed by atoms with van der Waals surface area (Å²) in [6.07, 6.45) is -0.767. The van der Waals surface area contributed by atoms with E-state index in [1.165, 1.54) is 11.3 Å². The van der Waals surface area contributed by atoms with Crippen molar-refractivity contribution < 1.29 is 19.4 Å². The fourth-order valence-electron chi connectivity index (χ4n) is 2.87. The van der Waals surface area contributed by atoms with Gasteiger partial charge in [0.1, 0.15) is 17.4 Å². The molecule has 0 aliphatic carbocycles. The zero-order chi connectivity index (χ0) is 20.4. The first-order chi connectivity index (χ1) is 14.0. The number of carbonyl (C=O) groups is 1. The molecule has 1 aliphatic rings. The Kier molecular flexibility index (Phi) is 5.18. The Hall–Kier alpha value is -3.39. The highest BCUT2D eigenvalue weighted by molar-refractivity contribution is 7.17. The number of hydrogen-bond donors (Lipinski definition) is 2. The third kappa shape index (κ3) is 4.07. The van der Waals surface area contributed by atoms with E-state index in [2.05, 4.69) is 15.5 Å². The first-order valence-corrected chi connectivity index (χ1v) is 9.83. The van der Waals surface area contributed by atoms with E-state index in [4.69, 9.17) is 9.47 Å². The lowest BCUT2D eigenvalue weighted by Crippen LogP contribution is -2.42. The Bertz CT molecular complexity index is 1080. The van der Waals surface area contributed by atoms with Crippen molar-refractivity contribution in [3.8, 4) is 27.8 Å². The van der Waals surface area contributed by atoms with E-state index in [1.54, 1.807) is 24.3 Å². The molecule has 0 fully saturated rings. The number of nitrogens with one attached hydrogen (secondary N) is 1. The van der Waals surface area contributed by atoms with Crippen LogP contribution in [0.1, 0.15) is 17.5 Å². The quantitative estimate of drug-likeness (QED) is 0.508. The number of phenols is 1. The van der Waals surface area contributed by atoms with Gasteiger partial charge in [0.15, 0.2) is 11.5 Å². The van der Waals surface area contributed by atoms with E-state index >= 15 is 0 Å². The van der Waals surface area contributed by atoms with Crippen molar-refractivity contribution in [1.29, 1.82) is 0 Å². The number of fused-ring (bicyclic) bond motifs is 1. The minimum atomic E-state index is -0.767. The van der Waals surface area contributed by atoms with Crippen molar-refractivity contribution in [3.63, 3.8) is 0 Å². The van der Waals surface area contributed by atoms with Crippen LogP contribution in [0.15, 0.2) is 53.6 Å². The second kappa shape index (κ2) is 7.92. The Morgan fingerprint density at radius 2 is 1.93 bits per heavy atom. The van der Waals surface area contributed by atoms with E-state index in [9.17, 15) is 9.90 Å². The van der Waals surface area contributed by atoms with Gasteiger partial charge in [0.05, 0.1) is 16.3 Å². The number of hydrazone groups is 1. The number of amides is 1. The first-order valence-electron chi connectivity index (χ1n) is 9.01.